The summed E-state index contributed by atoms with van der Waals surface area (Å²) in [5.74, 6) is -0.440. The van der Waals surface area contributed by atoms with Gasteiger partial charge in [0.1, 0.15) is 5.56 Å². The average molecular weight is 308 g/mol. The van der Waals surface area contributed by atoms with E-state index >= 15 is 0 Å². The van der Waals surface area contributed by atoms with Gasteiger partial charge in [0.2, 0.25) is 5.43 Å². The first-order valence-electron chi connectivity index (χ1n) is 7.27. The lowest BCUT2D eigenvalue weighted by molar-refractivity contribution is 0.0949. The molecular weight excluding hydrogens is 292 g/mol. The molecule has 1 heterocycles. The van der Waals surface area contributed by atoms with E-state index in [0.717, 1.165) is 11.1 Å². The quantitative estimate of drug-likeness (QED) is 0.689. The Balaban J connectivity index is 1.84. The fraction of sp³-hybridized carbons (Fsp3) is 0.111. The van der Waals surface area contributed by atoms with Gasteiger partial charge in [-0.1, -0.05) is 36.4 Å². The van der Waals surface area contributed by atoms with Crippen LogP contribution < -0.4 is 10.7 Å². The van der Waals surface area contributed by atoms with E-state index in [1.807, 2.05) is 24.3 Å². The van der Waals surface area contributed by atoms with E-state index < -0.39 is 5.91 Å². The van der Waals surface area contributed by atoms with E-state index in [1.54, 1.807) is 24.3 Å². The zero-order chi connectivity index (χ0) is 16.2. The molecule has 0 radical (unpaired) electrons. The predicted molar refractivity (Wildman–Crippen MR) is 88.1 cm³/mol. The third-order valence-corrected chi connectivity index (χ3v) is 3.76. The lowest BCUT2D eigenvalue weighted by atomic mass is 10.1. The Hall–Kier alpha value is -2.92. The molecule has 0 aliphatic rings. The highest BCUT2D eigenvalue weighted by Gasteiger charge is 2.13. The highest BCUT2D eigenvalue weighted by molar-refractivity contribution is 5.97. The van der Waals surface area contributed by atoms with Crippen LogP contribution in [-0.2, 0) is 13.2 Å². The summed E-state index contributed by atoms with van der Waals surface area (Å²) in [5.41, 5.74) is 2.04. The van der Waals surface area contributed by atoms with Crippen LogP contribution in [0.2, 0.25) is 0 Å². The first-order chi connectivity index (χ1) is 11.2. The van der Waals surface area contributed by atoms with Crippen molar-refractivity contribution in [3.63, 3.8) is 0 Å². The smallest absolute Gasteiger partial charge is 0.257 e. The van der Waals surface area contributed by atoms with Gasteiger partial charge in [-0.2, -0.15) is 0 Å². The predicted octanol–water partition coefficient (Wildman–Crippen LogP) is 1.95. The van der Waals surface area contributed by atoms with Crippen molar-refractivity contribution in [2.45, 2.75) is 13.2 Å². The zero-order valence-corrected chi connectivity index (χ0v) is 12.4. The number of aliphatic hydroxyl groups is 1. The minimum Gasteiger partial charge on any atom is -0.392 e. The number of rotatable bonds is 4. The average Bonchev–Trinajstić information content (AvgIpc) is 2.60. The SMILES string of the molecule is O=C(NCc1ccccc1CO)c1c[nH]c2ccccc2c1=O. The highest BCUT2D eigenvalue weighted by Crippen LogP contribution is 2.09. The number of fused-ring (bicyclic) bond motifs is 1. The van der Waals surface area contributed by atoms with Crippen molar-refractivity contribution in [1.82, 2.24) is 10.3 Å². The maximum atomic E-state index is 12.4. The van der Waals surface area contributed by atoms with Crippen molar-refractivity contribution in [3.8, 4) is 0 Å². The van der Waals surface area contributed by atoms with Gasteiger partial charge in [0.05, 0.1) is 6.61 Å². The maximum Gasteiger partial charge on any atom is 0.257 e. The number of hydrogen-bond donors (Lipinski definition) is 3. The molecule has 0 unspecified atom stereocenters. The molecule has 3 rings (SSSR count). The molecule has 5 heteroatoms. The van der Waals surface area contributed by atoms with Crippen LogP contribution in [-0.4, -0.2) is 16.0 Å². The second kappa shape index (κ2) is 6.46. The Bertz CT molecular complexity index is 915. The Morgan fingerprint density at radius 3 is 2.52 bits per heavy atom. The van der Waals surface area contributed by atoms with Gasteiger partial charge in [-0.05, 0) is 23.3 Å². The first kappa shape index (κ1) is 15.0. The van der Waals surface area contributed by atoms with E-state index in [0.29, 0.717) is 10.9 Å². The number of para-hydroxylation sites is 1. The van der Waals surface area contributed by atoms with Gasteiger partial charge in [-0.25, -0.2) is 0 Å². The van der Waals surface area contributed by atoms with E-state index in [-0.39, 0.29) is 24.1 Å². The van der Waals surface area contributed by atoms with E-state index in [2.05, 4.69) is 10.3 Å². The zero-order valence-electron chi connectivity index (χ0n) is 12.4. The molecule has 0 aliphatic carbocycles. The molecule has 23 heavy (non-hydrogen) atoms. The normalized spacial score (nSPS) is 10.7. The number of benzene rings is 2. The topological polar surface area (TPSA) is 82.2 Å². The van der Waals surface area contributed by atoms with Crippen LogP contribution in [0.3, 0.4) is 0 Å². The molecule has 0 spiro atoms. The number of aliphatic hydroxyl groups excluding tert-OH is 1. The summed E-state index contributed by atoms with van der Waals surface area (Å²) in [4.78, 5) is 27.6. The molecule has 3 aromatic rings. The number of nitrogens with one attached hydrogen (secondary N) is 2. The summed E-state index contributed by atoms with van der Waals surface area (Å²) in [6.45, 7) is 0.157. The molecule has 5 nitrogen and oxygen atoms in total. The Morgan fingerprint density at radius 2 is 1.74 bits per heavy atom. The van der Waals surface area contributed by atoms with Crippen LogP contribution in [0.15, 0.2) is 59.5 Å². The first-order valence-corrected chi connectivity index (χ1v) is 7.27. The van der Waals surface area contributed by atoms with Crippen LogP contribution in [0.4, 0.5) is 0 Å². The van der Waals surface area contributed by atoms with Crippen LogP contribution in [0, 0.1) is 0 Å². The van der Waals surface area contributed by atoms with E-state index in [9.17, 15) is 14.7 Å². The number of aromatic amines is 1. The van der Waals surface area contributed by atoms with Crippen LogP contribution in [0.25, 0.3) is 10.9 Å². The second-order valence-electron chi connectivity index (χ2n) is 5.19. The summed E-state index contributed by atoms with van der Waals surface area (Å²) in [6.07, 6.45) is 1.43. The van der Waals surface area contributed by atoms with Crippen molar-refractivity contribution in [1.29, 1.82) is 0 Å². The Kier molecular flexibility index (Phi) is 4.21. The summed E-state index contributed by atoms with van der Waals surface area (Å²) in [6, 6.07) is 14.3. The minimum absolute atomic E-state index is 0.0742. The van der Waals surface area contributed by atoms with Gasteiger partial charge >= 0.3 is 0 Å². The summed E-state index contributed by atoms with van der Waals surface area (Å²) >= 11 is 0. The molecule has 0 saturated heterocycles. The molecular formula is C18H16N2O3. The lowest BCUT2D eigenvalue weighted by Crippen LogP contribution is -2.28. The number of pyridine rings is 1. The van der Waals surface area contributed by atoms with E-state index in [4.69, 9.17) is 0 Å². The summed E-state index contributed by atoms with van der Waals surface area (Å²) < 4.78 is 0. The highest BCUT2D eigenvalue weighted by atomic mass is 16.3. The molecule has 116 valence electrons. The van der Waals surface area contributed by atoms with Crippen molar-refractivity contribution in [2.75, 3.05) is 0 Å². The Morgan fingerprint density at radius 1 is 1.04 bits per heavy atom. The molecule has 1 amide bonds. The molecule has 0 aliphatic heterocycles. The third-order valence-electron chi connectivity index (χ3n) is 3.76. The lowest BCUT2D eigenvalue weighted by Gasteiger charge is -2.09. The van der Waals surface area contributed by atoms with Crippen LogP contribution in [0.5, 0.6) is 0 Å². The largest absolute Gasteiger partial charge is 0.392 e. The second-order valence-corrected chi connectivity index (χ2v) is 5.19. The van der Waals surface area contributed by atoms with Crippen molar-refractivity contribution < 1.29 is 9.90 Å². The van der Waals surface area contributed by atoms with E-state index in [1.165, 1.54) is 6.20 Å². The molecule has 0 saturated carbocycles. The molecule has 0 bridgehead atoms. The van der Waals surface area contributed by atoms with Gasteiger partial charge in [0.25, 0.3) is 5.91 Å². The van der Waals surface area contributed by atoms with Crippen molar-refractivity contribution >= 4 is 16.8 Å². The number of H-pyrrole nitrogens is 1. The van der Waals surface area contributed by atoms with Crippen molar-refractivity contribution in [2.24, 2.45) is 0 Å². The van der Waals surface area contributed by atoms with Gasteiger partial charge < -0.3 is 15.4 Å². The number of amides is 1. The number of aromatic nitrogens is 1. The summed E-state index contributed by atoms with van der Waals surface area (Å²) in [5, 5.41) is 12.5. The monoisotopic (exact) mass is 308 g/mol. The molecule has 1 aromatic heterocycles. The third kappa shape index (κ3) is 3.00. The molecule has 0 atom stereocenters. The molecule has 2 aromatic carbocycles. The van der Waals surface area contributed by atoms with Gasteiger partial charge in [0, 0.05) is 23.6 Å². The molecule has 3 N–H and O–H groups in total. The molecule has 0 fully saturated rings. The number of carbonyl (C=O) groups excluding carboxylic acids is 1. The minimum atomic E-state index is -0.440. The fourth-order valence-corrected chi connectivity index (χ4v) is 2.49. The van der Waals surface area contributed by atoms with Gasteiger partial charge in [0.15, 0.2) is 0 Å². The van der Waals surface area contributed by atoms with Gasteiger partial charge in [-0.3, -0.25) is 9.59 Å². The number of carbonyl (C=O) groups is 1. The fourth-order valence-electron chi connectivity index (χ4n) is 2.49. The Labute approximate surface area is 132 Å². The maximum absolute atomic E-state index is 12.4. The van der Waals surface area contributed by atoms with Gasteiger partial charge in [-0.15, -0.1) is 0 Å². The number of hydrogen-bond acceptors (Lipinski definition) is 3. The van der Waals surface area contributed by atoms with Crippen LogP contribution >= 0.6 is 0 Å². The van der Waals surface area contributed by atoms with Crippen LogP contribution in [0.1, 0.15) is 21.5 Å². The standard InChI is InChI=1S/C18H16N2O3/c21-11-13-6-2-1-5-12(13)9-20-18(23)15-10-19-16-8-4-3-7-14(16)17(15)22/h1-8,10,21H,9,11H2,(H,19,22)(H,20,23). The van der Waals surface area contributed by atoms with Crippen molar-refractivity contribution in [3.05, 3.63) is 81.6 Å². The summed E-state index contributed by atoms with van der Waals surface area (Å²) in [7, 11) is 0.